The minimum absolute atomic E-state index is 0.143. The van der Waals surface area contributed by atoms with Gasteiger partial charge in [0, 0.05) is 24.7 Å². The molecule has 0 aromatic heterocycles. The largest absolute Gasteiger partial charge is 0.508 e. The van der Waals surface area contributed by atoms with E-state index in [1.807, 2.05) is 134 Å². The summed E-state index contributed by atoms with van der Waals surface area (Å²) in [6.45, 7) is 6.97. The van der Waals surface area contributed by atoms with Crippen molar-refractivity contribution in [1.82, 2.24) is 4.90 Å². The first-order chi connectivity index (χ1) is 29.5. The van der Waals surface area contributed by atoms with Crippen LogP contribution in [0, 0.1) is 0 Å². The number of carbonyl (C=O) groups excluding carboxylic acids is 1. The molecule has 316 valence electrons. The molecule has 0 amide bonds. The van der Waals surface area contributed by atoms with Gasteiger partial charge in [0.05, 0.1) is 39.6 Å². The van der Waals surface area contributed by atoms with Crippen LogP contribution in [0.2, 0.25) is 5.02 Å². The number of carbonyl (C=O) groups is 1. The maximum absolute atomic E-state index is 13.1. The van der Waals surface area contributed by atoms with Gasteiger partial charge in [0.15, 0.2) is 0 Å². The fraction of sp³-hybridized carbons (Fsp3) is 0.367. The summed E-state index contributed by atoms with van der Waals surface area (Å²) < 4.78 is 50.1. The molecule has 0 bridgehead atoms. The Balaban J connectivity index is 1.20. The van der Waals surface area contributed by atoms with Gasteiger partial charge in [-0.3, -0.25) is 4.90 Å². The lowest BCUT2D eigenvalue weighted by Gasteiger charge is -2.46. The van der Waals surface area contributed by atoms with Crippen LogP contribution in [-0.4, -0.2) is 88.1 Å². The third-order valence-corrected chi connectivity index (χ3v) is 11.0. The number of rotatable bonds is 19. The predicted octanol–water partition coefficient (Wildman–Crippen LogP) is 9.01. The second-order valence-electron chi connectivity index (χ2n) is 14.8. The SMILES string of the molecule is CCOc1ccc(Cc2cc([C@@H]3O[C@H](COC(=O)OCCN4CCOCC4)[C@@H](OCc4ccccc4)[C@H](OCc4ccccc4)[C@H]3OCc3ccccc3)ccc2Cl)cc1. The first kappa shape index (κ1) is 43.3. The molecule has 2 aliphatic rings. The van der Waals surface area contributed by atoms with Crippen LogP contribution in [0.3, 0.4) is 0 Å². The van der Waals surface area contributed by atoms with Crippen LogP contribution in [0.4, 0.5) is 4.79 Å². The Morgan fingerprint density at radius 2 is 1.27 bits per heavy atom. The van der Waals surface area contributed by atoms with Crippen molar-refractivity contribution in [3.8, 4) is 5.75 Å². The summed E-state index contributed by atoms with van der Waals surface area (Å²) in [5, 5.41) is 0.630. The van der Waals surface area contributed by atoms with Gasteiger partial charge in [0.25, 0.3) is 0 Å². The summed E-state index contributed by atoms with van der Waals surface area (Å²) >= 11 is 6.89. The van der Waals surface area contributed by atoms with Crippen LogP contribution in [-0.2, 0) is 59.4 Å². The fourth-order valence-corrected chi connectivity index (χ4v) is 7.65. The molecule has 0 N–H and O–H groups in total. The van der Waals surface area contributed by atoms with E-state index in [9.17, 15) is 4.79 Å². The summed E-state index contributed by atoms with van der Waals surface area (Å²) in [6, 6.07) is 43.9. The predicted molar refractivity (Wildman–Crippen MR) is 229 cm³/mol. The quantitative estimate of drug-likeness (QED) is 0.0751. The van der Waals surface area contributed by atoms with Gasteiger partial charge >= 0.3 is 6.16 Å². The molecule has 2 fully saturated rings. The van der Waals surface area contributed by atoms with Crippen molar-refractivity contribution in [2.45, 2.75) is 63.7 Å². The molecule has 10 nitrogen and oxygen atoms in total. The van der Waals surface area contributed by atoms with E-state index in [0.717, 1.165) is 52.2 Å². The first-order valence-electron chi connectivity index (χ1n) is 20.7. The van der Waals surface area contributed by atoms with Gasteiger partial charge in [-0.1, -0.05) is 127 Å². The highest BCUT2D eigenvalue weighted by atomic mass is 35.5. The van der Waals surface area contributed by atoms with Gasteiger partial charge in [0.2, 0.25) is 0 Å². The Kier molecular flexibility index (Phi) is 16.4. The molecule has 0 spiro atoms. The summed E-state index contributed by atoms with van der Waals surface area (Å²) in [6.07, 6.45) is -3.69. The van der Waals surface area contributed by atoms with Crippen LogP contribution in [0.25, 0.3) is 0 Å². The second kappa shape index (κ2) is 22.7. The minimum atomic E-state index is -0.779. The molecule has 2 aliphatic heterocycles. The number of ether oxygens (including phenoxy) is 8. The van der Waals surface area contributed by atoms with E-state index in [1.165, 1.54) is 0 Å². The third kappa shape index (κ3) is 12.6. The Bertz CT molecular complexity index is 2020. The Morgan fingerprint density at radius 3 is 1.87 bits per heavy atom. The molecule has 0 radical (unpaired) electrons. The van der Waals surface area contributed by atoms with Crippen molar-refractivity contribution in [3.63, 3.8) is 0 Å². The average molecular weight is 836 g/mol. The van der Waals surface area contributed by atoms with Crippen molar-refractivity contribution >= 4 is 17.8 Å². The summed E-state index contributed by atoms with van der Waals surface area (Å²) in [7, 11) is 0. The van der Waals surface area contributed by atoms with E-state index < -0.39 is 36.7 Å². The highest BCUT2D eigenvalue weighted by Crippen LogP contribution is 2.40. The molecule has 11 heteroatoms. The highest BCUT2D eigenvalue weighted by Gasteiger charge is 2.49. The molecule has 0 saturated carbocycles. The molecule has 60 heavy (non-hydrogen) atoms. The standard InChI is InChI=1S/C49H54ClNO9/c1-2-54-42-21-18-36(19-22-42)30-41-31-40(20-23-43(41)50)45-47(57-33-38-14-8-4-9-15-38)48(58-34-39-16-10-5-11-17-39)46(56-32-37-12-6-3-7-13-37)44(60-45)35-59-49(52)55-29-26-51-24-27-53-28-25-51/h3-23,31,44-48H,2,24-30,32-35H2,1H3/t44-,45+,46-,47+,48+/m1/s1. The lowest BCUT2D eigenvalue weighted by Crippen LogP contribution is -2.58. The molecular weight excluding hydrogens is 782 g/mol. The number of halogens is 1. The van der Waals surface area contributed by atoms with Crippen LogP contribution in [0.1, 0.15) is 46.4 Å². The topological polar surface area (TPSA) is 94.2 Å². The summed E-state index contributed by atoms with van der Waals surface area (Å²) in [4.78, 5) is 15.3. The van der Waals surface area contributed by atoms with E-state index in [-0.39, 0.29) is 26.4 Å². The number of nitrogens with zero attached hydrogens (tertiary/aromatic N) is 1. The lowest BCUT2D eigenvalue weighted by molar-refractivity contribution is -0.272. The molecule has 0 aliphatic carbocycles. The monoisotopic (exact) mass is 835 g/mol. The van der Waals surface area contributed by atoms with E-state index in [4.69, 9.17) is 49.5 Å². The number of hydrogen-bond donors (Lipinski definition) is 0. The zero-order chi connectivity index (χ0) is 41.4. The Labute approximate surface area is 358 Å². The van der Waals surface area contributed by atoms with E-state index in [1.54, 1.807) is 0 Å². The number of benzene rings is 5. The van der Waals surface area contributed by atoms with E-state index >= 15 is 0 Å². The molecule has 0 unspecified atom stereocenters. The van der Waals surface area contributed by atoms with Crippen LogP contribution in [0.5, 0.6) is 5.75 Å². The zero-order valence-corrected chi connectivity index (χ0v) is 34.8. The molecule has 2 saturated heterocycles. The molecule has 5 aromatic carbocycles. The first-order valence-corrected chi connectivity index (χ1v) is 21.1. The zero-order valence-electron chi connectivity index (χ0n) is 34.1. The van der Waals surface area contributed by atoms with Crippen LogP contribution in [0.15, 0.2) is 133 Å². The normalized spacial score (nSPS) is 20.7. The highest BCUT2D eigenvalue weighted by molar-refractivity contribution is 6.31. The molecule has 2 heterocycles. The van der Waals surface area contributed by atoms with Gasteiger partial charge in [0.1, 0.15) is 49.5 Å². The van der Waals surface area contributed by atoms with Crippen molar-refractivity contribution in [2.24, 2.45) is 0 Å². The Hall–Kier alpha value is -4.78. The smallest absolute Gasteiger partial charge is 0.494 e. The second-order valence-corrected chi connectivity index (χ2v) is 15.3. The molecule has 5 atom stereocenters. The van der Waals surface area contributed by atoms with Crippen molar-refractivity contribution in [1.29, 1.82) is 0 Å². The van der Waals surface area contributed by atoms with E-state index in [0.29, 0.717) is 44.4 Å². The summed E-state index contributed by atoms with van der Waals surface area (Å²) in [5.41, 5.74) is 5.80. The van der Waals surface area contributed by atoms with Gasteiger partial charge in [-0.15, -0.1) is 0 Å². The van der Waals surface area contributed by atoms with Crippen LogP contribution < -0.4 is 4.74 Å². The van der Waals surface area contributed by atoms with Gasteiger partial charge in [-0.2, -0.15) is 0 Å². The van der Waals surface area contributed by atoms with Gasteiger partial charge < -0.3 is 37.9 Å². The molecular formula is C49H54ClNO9. The van der Waals surface area contributed by atoms with Gasteiger partial charge in [-0.05, 0) is 64.9 Å². The van der Waals surface area contributed by atoms with Crippen molar-refractivity contribution in [2.75, 3.05) is 52.7 Å². The molecule has 7 rings (SSSR count). The number of morpholine rings is 1. The Morgan fingerprint density at radius 1 is 0.683 bits per heavy atom. The minimum Gasteiger partial charge on any atom is -0.494 e. The van der Waals surface area contributed by atoms with Crippen molar-refractivity contribution in [3.05, 3.63) is 172 Å². The summed E-state index contributed by atoms with van der Waals surface area (Å²) in [5.74, 6) is 0.815. The van der Waals surface area contributed by atoms with Gasteiger partial charge in [-0.25, -0.2) is 4.79 Å². The van der Waals surface area contributed by atoms with Crippen molar-refractivity contribution < 1.29 is 42.7 Å². The average Bonchev–Trinajstić information content (AvgIpc) is 3.29. The maximum Gasteiger partial charge on any atom is 0.508 e. The lowest BCUT2D eigenvalue weighted by atomic mass is 9.89. The molecule has 5 aromatic rings. The van der Waals surface area contributed by atoms with Crippen LogP contribution >= 0.6 is 11.6 Å². The maximum atomic E-state index is 13.1. The third-order valence-electron chi connectivity index (χ3n) is 10.6. The van der Waals surface area contributed by atoms with E-state index in [2.05, 4.69) is 11.0 Å². The number of hydrogen-bond acceptors (Lipinski definition) is 10. The fourth-order valence-electron chi connectivity index (χ4n) is 7.46.